The van der Waals surface area contributed by atoms with Crippen LogP contribution in [0, 0.1) is 11.8 Å². The Hall–Kier alpha value is -0.870. The van der Waals surface area contributed by atoms with E-state index in [1.165, 1.54) is 4.90 Å². The Morgan fingerprint density at radius 2 is 1.78 bits per heavy atom. The molecule has 0 bridgehead atoms. The lowest BCUT2D eigenvalue weighted by Gasteiger charge is -2.16. The molecule has 1 aromatic rings. The van der Waals surface area contributed by atoms with Crippen LogP contribution in [0.5, 0.6) is 0 Å². The molecule has 1 aliphatic heterocycles. The highest BCUT2D eigenvalue weighted by atomic mass is 79.9. The first-order chi connectivity index (χ1) is 8.59. The molecule has 3 rings (SSSR count). The molecule has 2 atom stereocenters. The maximum absolute atomic E-state index is 12.2. The molecule has 2 fully saturated rings. The zero-order valence-corrected chi connectivity index (χ0v) is 11.9. The van der Waals surface area contributed by atoms with Crippen LogP contribution in [0.3, 0.4) is 0 Å². The number of fused-ring (bicyclic) bond motifs is 1. The molecule has 2 unspecified atom stereocenters. The summed E-state index contributed by atoms with van der Waals surface area (Å²) >= 11 is 9.31. The Morgan fingerprint density at radius 1 is 1.17 bits per heavy atom. The normalized spacial score (nSPS) is 26.9. The van der Waals surface area contributed by atoms with Gasteiger partial charge >= 0.3 is 0 Å². The van der Waals surface area contributed by atoms with Crippen LogP contribution in [0.25, 0.3) is 0 Å². The Kier molecular flexibility index (Phi) is 2.94. The highest BCUT2D eigenvalue weighted by Gasteiger charge is 2.50. The second-order valence-electron chi connectivity index (χ2n) is 4.75. The molecule has 18 heavy (non-hydrogen) atoms. The van der Waals surface area contributed by atoms with Crippen molar-refractivity contribution in [3.63, 3.8) is 0 Å². The highest BCUT2D eigenvalue weighted by Crippen LogP contribution is 2.42. The fraction of sp³-hybridized carbons (Fsp3) is 0.385. The van der Waals surface area contributed by atoms with E-state index in [9.17, 15) is 9.59 Å². The standard InChI is InChI=1S/C13H11BrClNO2/c14-10-5-4-7(6-11(10)15)16-12(17)8-2-1-3-9(8)13(16)18/h4-6,8-9H,1-3H2. The van der Waals surface area contributed by atoms with E-state index in [1.54, 1.807) is 18.2 Å². The minimum Gasteiger partial charge on any atom is -0.274 e. The highest BCUT2D eigenvalue weighted by molar-refractivity contribution is 9.10. The predicted molar refractivity (Wildman–Crippen MR) is 72.5 cm³/mol. The summed E-state index contributed by atoms with van der Waals surface area (Å²) in [6.07, 6.45) is 2.63. The zero-order chi connectivity index (χ0) is 12.9. The number of hydrogen-bond donors (Lipinski definition) is 0. The lowest BCUT2D eigenvalue weighted by atomic mass is 10.00. The number of imide groups is 1. The number of amides is 2. The monoisotopic (exact) mass is 327 g/mol. The van der Waals surface area contributed by atoms with Crippen molar-refractivity contribution in [1.29, 1.82) is 0 Å². The van der Waals surface area contributed by atoms with Gasteiger partial charge in [0.2, 0.25) is 11.8 Å². The summed E-state index contributed by atoms with van der Waals surface area (Å²) in [5.41, 5.74) is 0.576. The van der Waals surface area contributed by atoms with Gasteiger partial charge in [-0.1, -0.05) is 18.0 Å². The Morgan fingerprint density at radius 3 is 2.33 bits per heavy atom. The summed E-state index contributed by atoms with van der Waals surface area (Å²) in [7, 11) is 0. The lowest BCUT2D eigenvalue weighted by Crippen LogP contribution is -2.31. The first-order valence-corrected chi connectivity index (χ1v) is 7.09. The molecular weight excluding hydrogens is 318 g/mol. The number of halogens is 2. The van der Waals surface area contributed by atoms with Crippen LogP contribution in [-0.4, -0.2) is 11.8 Å². The van der Waals surface area contributed by atoms with E-state index in [0.29, 0.717) is 10.7 Å². The van der Waals surface area contributed by atoms with E-state index in [1.807, 2.05) is 0 Å². The Bertz CT molecular complexity index is 524. The molecule has 2 aliphatic rings. The molecule has 1 heterocycles. The van der Waals surface area contributed by atoms with Crippen molar-refractivity contribution in [2.75, 3.05) is 4.90 Å². The SMILES string of the molecule is O=C1C2CCCC2C(=O)N1c1ccc(Br)c(Cl)c1. The third-order valence-electron chi connectivity index (χ3n) is 3.75. The second-order valence-corrected chi connectivity index (χ2v) is 6.02. The third kappa shape index (κ3) is 1.70. The van der Waals surface area contributed by atoms with E-state index in [0.717, 1.165) is 23.7 Å². The number of rotatable bonds is 1. The maximum Gasteiger partial charge on any atom is 0.237 e. The van der Waals surface area contributed by atoms with Crippen LogP contribution in [0.1, 0.15) is 19.3 Å². The molecule has 1 saturated carbocycles. The summed E-state index contributed by atoms with van der Waals surface area (Å²) < 4.78 is 0.757. The fourth-order valence-corrected chi connectivity index (χ4v) is 3.29. The molecule has 0 spiro atoms. The number of carbonyl (C=O) groups excluding carboxylic acids is 2. The van der Waals surface area contributed by atoms with E-state index in [2.05, 4.69) is 15.9 Å². The third-order valence-corrected chi connectivity index (χ3v) is 4.98. The molecule has 0 aromatic heterocycles. The van der Waals surface area contributed by atoms with Crippen molar-refractivity contribution in [2.45, 2.75) is 19.3 Å². The molecule has 5 heteroatoms. The van der Waals surface area contributed by atoms with Crippen LogP contribution in [0.15, 0.2) is 22.7 Å². The van der Waals surface area contributed by atoms with Gasteiger partial charge in [0, 0.05) is 4.47 Å². The van der Waals surface area contributed by atoms with Crippen LogP contribution in [0.2, 0.25) is 5.02 Å². The average Bonchev–Trinajstić information content (AvgIpc) is 2.89. The Labute approximate surface area is 118 Å². The van der Waals surface area contributed by atoms with E-state index >= 15 is 0 Å². The summed E-state index contributed by atoms with van der Waals surface area (Å²) in [6.45, 7) is 0. The van der Waals surface area contributed by atoms with E-state index in [-0.39, 0.29) is 23.7 Å². The van der Waals surface area contributed by atoms with Gasteiger partial charge in [-0.2, -0.15) is 0 Å². The van der Waals surface area contributed by atoms with Crippen LogP contribution in [0.4, 0.5) is 5.69 Å². The molecule has 94 valence electrons. The quantitative estimate of drug-likeness (QED) is 0.741. The van der Waals surface area contributed by atoms with E-state index < -0.39 is 0 Å². The van der Waals surface area contributed by atoms with Crippen molar-refractivity contribution in [3.8, 4) is 0 Å². The van der Waals surface area contributed by atoms with Crippen molar-refractivity contribution in [3.05, 3.63) is 27.7 Å². The minimum absolute atomic E-state index is 0.0686. The van der Waals surface area contributed by atoms with Gasteiger partial charge in [0.15, 0.2) is 0 Å². The van der Waals surface area contributed by atoms with Gasteiger partial charge in [-0.3, -0.25) is 14.5 Å². The second kappa shape index (κ2) is 4.35. The minimum atomic E-state index is -0.111. The van der Waals surface area contributed by atoms with Crippen LogP contribution < -0.4 is 4.90 Å². The maximum atomic E-state index is 12.2. The van der Waals surface area contributed by atoms with Gasteiger partial charge in [0.05, 0.1) is 22.5 Å². The summed E-state index contributed by atoms with van der Waals surface area (Å²) in [5, 5.41) is 0.505. The summed E-state index contributed by atoms with van der Waals surface area (Å²) in [5.74, 6) is -0.360. The van der Waals surface area contributed by atoms with Crippen LogP contribution in [-0.2, 0) is 9.59 Å². The topological polar surface area (TPSA) is 37.4 Å². The molecule has 1 aromatic carbocycles. The van der Waals surface area contributed by atoms with Crippen molar-refractivity contribution in [1.82, 2.24) is 0 Å². The van der Waals surface area contributed by atoms with Crippen LogP contribution >= 0.6 is 27.5 Å². The molecule has 1 aliphatic carbocycles. The van der Waals surface area contributed by atoms with Crippen molar-refractivity contribution < 1.29 is 9.59 Å². The van der Waals surface area contributed by atoms with Crippen molar-refractivity contribution >= 4 is 45.0 Å². The first-order valence-electron chi connectivity index (χ1n) is 5.92. The molecule has 3 nitrogen and oxygen atoms in total. The Balaban J connectivity index is 1.99. The summed E-state index contributed by atoms with van der Waals surface area (Å²) in [4.78, 5) is 25.8. The van der Waals surface area contributed by atoms with Gasteiger partial charge in [0.1, 0.15) is 0 Å². The van der Waals surface area contributed by atoms with Crippen molar-refractivity contribution in [2.24, 2.45) is 11.8 Å². The number of anilines is 1. The first kappa shape index (κ1) is 12.2. The van der Waals surface area contributed by atoms with Gasteiger partial charge in [0.25, 0.3) is 0 Å². The van der Waals surface area contributed by atoms with Gasteiger partial charge in [-0.05, 0) is 47.0 Å². The molecular formula is C13H11BrClNO2. The molecule has 0 radical (unpaired) electrons. The fourth-order valence-electron chi connectivity index (χ4n) is 2.87. The summed E-state index contributed by atoms with van der Waals surface area (Å²) in [6, 6.07) is 5.15. The predicted octanol–water partition coefficient (Wildman–Crippen LogP) is 3.39. The largest absolute Gasteiger partial charge is 0.274 e. The van der Waals surface area contributed by atoms with Gasteiger partial charge in [-0.25, -0.2) is 0 Å². The number of nitrogens with zero attached hydrogens (tertiary/aromatic N) is 1. The van der Waals surface area contributed by atoms with Gasteiger partial charge in [-0.15, -0.1) is 0 Å². The number of carbonyl (C=O) groups is 2. The van der Waals surface area contributed by atoms with E-state index in [4.69, 9.17) is 11.6 Å². The van der Waals surface area contributed by atoms with Gasteiger partial charge < -0.3 is 0 Å². The number of hydrogen-bond acceptors (Lipinski definition) is 2. The average molecular weight is 329 g/mol. The zero-order valence-electron chi connectivity index (χ0n) is 9.53. The molecule has 0 N–H and O–H groups in total. The lowest BCUT2D eigenvalue weighted by molar-refractivity contribution is -0.122. The molecule has 1 saturated heterocycles. The smallest absolute Gasteiger partial charge is 0.237 e. The number of benzene rings is 1. The molecule has 2 amide bonds.